The van der Waals surface area contributed by atoms with Gasteiger partial charge in [-0.15, -0.1) is 0 Å². The molecule has 2 aromatic rings. The third-order valence-electron chi connectivity index (χ3n) is 4.58. The highest BCUT2D eigenvalue weighted by Gasteiger charge is 2.20. The molecule has 1 atom stereocenters. The Balaban J connectivity index is 2.30. The molecule has 0 aliphatic carbocycles. The number of sulfonamides is 1. The van der Waals surface area contributed by atoms with Crippen LogP contribution in [0.25, 0.3) is 0 Å². The number of anilines is 1. The highest BCUT2D eigenvalue weighted by atomic mass is 32.2. The van der Waals surface area contributed by atoms with E-state index in [1.165, 1.54) is 16.9 Å². The van der Waals surface area contributed by atoms with Crippen molar-refractivity contribution in [3.05, 3.63) is 64.7 Å². The first-order chi connectivity index (χ1) is 12.1. The summed E-state index contributed by atoms with van der Waals surface area (Å²) in [5.74, 6) is -0.210. The number of hydrogen-bond acceptors (Lipinski definition) is 3. The van der Waals surface area contributed by atoms with E-state index in [2.05, 4.69) is 5.32 Å². The molecule has 5 nitrogen and oxygen atoms in total. The van der Waals surface area contributed by atoms with Crippen molar-refractivity contribution in [3.63, 3.8) is 0 Å². The van der Waals surface area contributed by atoms with Crippen LogP contribution in [0.5, 0.6) is 0 Å². The Hall–Kier alpha value is -2.34. The third-order valence-corrected chi connectivity index (χ3v) is 5.77. The molecule has 2 rings (SSSR count). The zero-order valence-electron chi connectivity index (χ0n) is 15.9. The summed E-state index contributed by atoms with van der Waals surface area (Å²) in [5.41, 5.74) is 3.83. The molecule has 0 aliphatic heterocycles. The van der Waals surface area contributed by atoms with Crippen LogP contribution in [0.3, 0.4) is 0 Å². The molecular formula is C20H26N2O3S. The fraction of sp³-hybridized carbons (Fsp3) is 0.350. The largest absolute Gasteiger partial charge is 0.345 e. The van der Waals surface area contributed by atoms with E-state index in [1.54, 1.807) is 25.1 Å². The van der Waals surface area contributed by atoms with Crippen LogP contribution in [-0.2, 0) is 10.0 Å². The van der Waals surface area contributed by atoms with Crippen LogP contribution < -0.4 is 9.62 Å². The normalized spacial score (nSPS) is 12.5. The van der Waals surface area contributed by atoms with Gasteiger partial charge in [0.05, 0.1) is 18.0 Å². The average molecular weight is 375 g/mol. The summed E-state index contributed by atoms with van der Waals surface area (Å²) in [4.78, 5) is 12.8. The fourth-order valence-corrected chi connectivity index (χ4v) is 3.40. The Bertz CT molecular complexity index is 890. The van der Waals surface area contributed by atoms with Crippen molar-refractivity contribution < 1.29 is 13.2 Å². The van der Waals surface area contributed by atoms with Gasteiger partial charge >= 0.3 is 0 Å². The fourth-order valence-electron chi connectivity index (χ4n) is 2.85. The van der Waals surface area contributed by atoms with Gasteiger partial charge in [0, 0.05) is 12.6 Å². The quantitative estimate of drug-likeness (QED) is 0.840. The SMILES string of the molecule is CC[C@@H](NC(=O)c1cccc(N(C)S(C)(=O)=O)c1C)c1ccc(C)cc1. The first kappa shape index (κ1) is 20.0. The van der Waals surface area contributed by atoms with Gasteiger partial charge in [0.25, 0.3) is 5.91 Å². The topological polar surface area (TPSA) is 66.5 Å². The molecule has 2 aromatic carbocycles. The zero-order chi connectivity index (χ0) is 19.5. The number of benzene rings is 2. The van der Waals surface area contributed by atoms with Gasteiger partial charge < -0.3 is 5.32 Å². The van der Waals surface area contributed by atoms with E-state index in [0.717, 1.165) is 18.2 Å². The minimum atomic E-state index is -3.39. The van der Waals surface area contributed by atoms with Crippen molar-refractivity contribution in [1.82, 2.24) is 5.32 Å². The standard InChI is InChI=1S/C20H26N2O3S/c1-6-18(16-12-10-14(2)11-13-16)21-20(23)17-8-7-9-19(15(17)3)22(4)26(5,24)25/h7-13,18H,6H2,1-5H3,(H,21,23)/t18-/m1/s1. The van der Waals surface area contributed by atoms with Crippen LogP contribution in [0.4, 0.5) is 5.69 Å². The van der Waals surface area contributed by atoms with Gasteiger partial charge in [0.15, 0.2) is 0 Å². The molecule has 0 radical (unpaired) electrons. The van der Waals surface area contributed by atoms with E-state index in [9.17, 15) is 13.2 Å². The Morgan fingerprint density at radius 1 is 1.12 bits per heavy atom. The van der Waals surface area contributed by atoms with Crippen molar-refractivity contribution in [3.8, 4) is 0 Å². The summed E-state index contributed by atoms with van der Waals surface area (Å²) in [6.07, 6.45) is 1.90. The minimum Gasteiger partial charge on any atom is -0.345 e. The number of carbonyl (C=O) groups excluding carboxylic acids is 1. The van der Waals surface area contributed by atoms with Crippen LogP contribution in [0.1, 0.15) is 46.4 Å². The summed E-state index contributed by atoms with van der Waals surface area (Å²) < 4.78 is 24.8. The van der Waals surface area contributed by atoms with Crippen LogP contribution in [0.2, 0.25) is 0 Å². The molecule has 1 amide bonds. The van der Waals surface area contributed by atoms with Crippen LogP contribution in [-0.4, -0.2) is 27.6 Å². The minimum absolute atomic E-state index is 0.0983. The van der Waals surface area contributed by atoms with Crippen LogP contribution in [0.15, 0.2) is 42.5 Å². The van der Waals surface area contributed by atoms with Gasteiger partial charge in [-0.2, -0.15) is 0 Å². The molecule has 6 heteroatoms. The average Bonchev–Trinajstić information content (AvgIpc) is 2.59. The van der Waals surface area contributed by atoms with Gasteiger partial charge in [-0.3, -0.25) is 9.10 Å². The number of nitrogens with zero attached hydrogens (tertiary/aromatic N) is 1. The number of nitrogens with one attached hydrogen (secondary N) is 1. The second-order valence-electron chi connectivity index (χ2n) is 6.53. The van der Waals surface area contributed by atoms with Crippen molar-refractivity contribution in [2.24, 2.45) is 0 Å². The Labute approximate surface area is 156 Å². The smallest absolute Gasteiger partial charge is 0.252 e. The summed E-state index contributed by atoms with van der Waals surface area (Å²) in [6.45, 7) is 5.81. The summed E-state index contributed by atoms with van der Waals surface area (Å²) in [5, 5.41) is 3.06. The summed E-state index contributed by atoms with van der Waals surface area (Å²) in [6, 6.07) is 13.1. The lowest BCUT2D eigenvalue weighted by Gasteiger charge is -2.22. The molecule has 0 unspecified atom stereocenters. The molecule has 0 saturated carbocycles. The molecular weight excluding hydrogens is 348 g/mol. The molecule has 0 spiro atoms. The summed E-state index contributed by atoms with van der Waals surface area (Å²) in [7, 11) is -1.91. The van der Waals surface area contributed by atoms with E-state index in [0.29, 0.717) is 16.8 Å². The maximum atomic E-state index is 12.8. The van der Waals surface area contributed by atoms with E-state index in [4.69, 9.17) is 0 Å². The molecule has 0 bridgehead atoms. The predicted octanol–water partition coefficient (Wildman–Crippen LogP) is 3.58. The molecule has 26 heavy (non-hydrogen) atoms. The summed E-state index contributed by atoms with van der Waals surface area (Å²) >= 11 is 0. The highest BCUT2D eigenvalue weighted by molar-refractivity contribution is 7.92. The third kappa shape index (κ3) is 4.43. The monoisotopic (exact) mass is 374 g/mol. The van der Waals surface area contributed by atoms with E-state index < -0.39 is 10.0 Å². The van der Waals surface area contributed by atoms with Crippen molar-refractivity contribution in [2.75, 3.05) is 17.6 Å². The van der Waals surface area contributed by atoms with Crippen molar-refractivity contribution in [2.45, 2.75) is 33.2 Å². The Morgan fingerprint density at radius 3 is 2.27 bits per heavy atom. The maximum Gasteiger partial charge on any atom is 0.252 e. The van der Waals surface area contributed by atoms with Crippen LogP contribution >= 0.6 is 0 Å². The number of aryl methyl sites for hydroxylation is 1. The first-order valence-corrected chi connectivity index (χ1v) is 10.4. The highest BCUT2D eigenvalue weighted by Crippen LogP contribution is 2.25. The van der Waals surface area contributed by atoms with Gasteiger partial charge in [0.2, 0.25) is 10.0 Å². The molecule has 0 aliphatic rings. The van der Waals surface area contributed by atoms with Gasteiger partial charge in [-0.25, -0.2) is 8.42 Å². The van der Waals surface area contributed by atoms with Crippen molar-refractivity contribution in [1.29, 1.82) is 0 Å². The predicted molar refractivity (Wildman–Crippen MR) is 106 cm³/mol. The lowest BCUT2D eigenvalue weighted by atomic mass is 10.0. The zero-order valence-corrected chi connectivity index (χ0v) is 16.7. The maximum absolute atomic E-state index is 12.8. The number of hydrogen-bond donors (Lipinski definition) is 1. The Kier molecular flexibility index (Phi) is 6.08. The molecule has 0 fully saturated rings. The second kappa shape index (κ2) is 7.91. The van der Waals surface area contributed by atoms with Crippen molar-refractivity contribution >= 4 is 21.6 Å². The van der Waals surface area contributed by atoms with E-state index >= 15 is 0 Å². The number of carbonyl (C=O) groups is 1. The molecule has 0 aromatic heterocycles. The molecule has 1 N–H and O–H groups in total. The van der Waals surface area contributed by atoms with E-state index in [-0.39, 0.29) is 11.9 Å². The number of amides is 1. The van der Waals surface area contributed by atoms with Gasteiger partial charge in [-0.05, 0) is 43.5 Å². The lowest BCUT2D eigenvalue weighted by Crippen LogP contribution is -2.30. The number of rotatable bonds is 6. The van der Waals surface area contributed by atoms with E-state index in [1.807, 2.05) is 38.1 Å². The second-order valence-corrected chi connectivity index (χ2v) is 8.54. The molecule has 0 heterocycles. The van der Waals surface area contributed by atoms with Crippen LogP contribution in [0, 0.1) is 13.8 Å². The van der Waals surface area contributed by atoms with Gasteiger partial charge in [0.1, 0.15) is 0 Å². The van der Waals surface area contributed by atoms with Gasteiger partial charge in [-0.1, -0.05) is 42.8 Å². The lowest BCUT2D eigenvalue weighted by molar-refractivity contribution is 0.0935. The molecule has 140 valence electrons. The molecule has 0 saturated heterocycles. The first-order valence-electron chi connectivity index (χ1n) is 8.56. The Morgan fingerprint density at radius 2 is 1.73 bits per heavy atom.